The second-order valence-electron chi connectivity index (χ2n) is 4.62. The second-order valence-corrected chi connectivity index (χ2v) is 4.62. The van der Waals surface area contributed by atoms with Crippen LogP contribution >= 0.6 is 0 Å². The van der Waals surface area contributed by atoms with Crippen LogP contribution in [0.25, 0.3) is 5.57 Å². The van der Waals surface area contributed by atoms with Crippen LogP contribution in [0, 0.1) is 0 Å². The highest BCUT2D eigenvalue weighted by molar-refractivity contribution is 5.72. The number of hydrogen-bond donors (Lipinski definition) is 1. The highest BCUT2D eigenvalue weighted by Crippen LogP contribution is 2.14. The number of nitrogen functional groups attached to an aromatic ring is 1. The molecule has 23 heavy (non-hydrogen) atoms. The van der Waals surface area contributed by atoms with Crippen molar-refractivity contribution in [3.8, 4) is 0 Å². The Kier molecular flexibility index (Phi) is 9.09. The van der Waals surface area contributed by atoms with Gasteiger partial charge in [-0.3, -0.25) is 4.98 Å². The predicted octanol–water partition coefficient (Wildman–Crippen LogP) is 3.53. The van der Waals surface area contributed by atoms with Crippen molar-refractivity contribution in [3.05, 3.63) is 60.8 Å². The molecule has 0 aliphatic rings. The summed E-state index contributed by atoms with van der Waals surface area (Å²) in [5.41, 5.74) is 7.23. The minimum Gasteiger partial charge on any atom is -0.494 e. The zero-order valence-electron chi connectivity index (χ0n) is 13.9. The van der Waals surface area contributed by atoms with Crippen molar-refractivity contribution in [2.24, 2.45) is 0 Å². The molecule has 1 rings (SSSR count). The van der Waals surface area contributed by atoms with Gasteiger partial charge in [-0.1, -0.05) is 18.7 Å². The van der Waals surface area contributed by atoms with E-state index < -0.39 is 0 Å². The molecular formula is C18H25N3O2. The highest BCUT2D eigenvalue weighted by Gasteiger charge is 2.00. The highest BCUT2D eigenvalue weighted by atomic mass is 16.5. The third kappa shape index (κ3) is 7.42. The van der Waals surface area contributed by atoms with Crippen LogP contribution in [0.3, 0.4) is 0 Å². The van der Waals surface area contributed by atoms with Gasteiger partial charge in [-0.15, -0.1) is 0 Å². The number of aromatic nitrogens is 2. The molecule has 0 fully saturated rings. The Morgan fingerprint density at radius 2 is 2.09 bits per heavy atom. The monoisotopic (exact) mass is 315 g/mol. The first kappa shape index (κ1) is 18.6. The third-order valence-corrected chi connectivity index (χ3v) is 2.85. The summed E-state index contributed by atoms with van der Waals surface area (Å²) < 4.78 is 10.9. The van der Waals surface area contributed by atoms with Gasteiger partial charge in [-0.2, -0.15) is 0 Å². The summed E-state index contributed by atoms with van der Waals surface area (Å²) in [5.74, 6) is 1.10. The normalized spacial score (nSPS) is 12.6. The zero-order chi connectivity index (χ0) is 16.9. The maximum Gasteiger partial charge on any atom is 0.141 e. The summed E-state index contributed by atoms with van der Waals surface area (Å²) in [6.07, 6.45) is 13.4. The van der Waals surface area contributed by atoms with E-state index in [0.717, 1.165) is 24.3 Å². The average molecular weight is 315 g/mol. The van der Waals surface area contributed by atoms with Crippen molar-refractivity contribution in [1.29, 1.82) is 0 Å². The Balaban J connectivity index is 2.76. The first-order valence-electron chi connectivity index (χ1n) is 7.66. The molecule has 0 radical (unpaired) electrons. The SMILES string of the molecule is C=C\C(=C/C=C(\C=C/C)c1cnc(N)cn1)OCCCOCC. The molecule has 5 heteroatoms. The first-order valence-corrected chi connectivity index (χ1v) is 7.66. The molecule has 2 N–H and O–H groups in total. The summed E-state index contributed by atoms with van der Waals surface area (Å²) in [5, 5.41) is 0. The Morgan fingerprint density at radius 1 is 1.26 bits per heavy atom. The number of nitrogens with zero attached hydrogens (tertiary/aromatic N) is 2. The topological polar surface area (TPSA) is 70.3 Å². The fraction of sp³-hybridized carbons (Fsp3) is 0.333. The summed E-state index contributed by atoms with van der Waals surface area (Å²) in [4.78, 5) is 8.34. The van der Waals surface area contributed by atoms with Gasteiger partial charge in [0.2, 0.25) is 0 Å². The van der Waals surface area contributed by atoms with E-state index in [2.05, 4.69) is 16.5 Å². The van der Waals surface area contributed by atoms with Crippen molar-refractivity contribution in [2.75, 3.05) is 25.6 Å². The molecule has 0 unspecified atom stereocenters. The fourth-order valence-corrected chi connectivity index (χ4v) is 1.74. The number of ether oxygens (including phenoxy) is 2. The van der Waals surface area contributed by atoms with Crippen LogP contribution in [-0.4, -0.2) is 29.8 Å². The largest absolute Gasteiger partial charge is 0.494 e. The molecule has 0 aliphatic heterocycles. The molecular weight excluding hydrogens is 290 g/mol. The molecule has 124 valence electrons. The Hall–Kier alpha value is -2.40. The van der Waals surface area contributed by atoms with E-state index in [0.29, 0.717) is 24.8 Å². The molecule has 0 atom stereocenters. The maximum absolute atomic E-state index is 5.66. The van der Waals surface area contributed by atoms with E-state index in [9.17, 15) is 0 Å². The molecule has 1 aromatic rings. The Bertz CT molecular complexity index is 560. The van der Waals surface area contributed by atoms with E-state index in [1.807, 2.05) is 38.2 Å². The third-order valence-electron chi connectivity index (χ3n) is 2.85. The molecule has 5 nitrogen and oxygen atoms in total. The van der Waals surface area contributed by atoms with Crippen molar-refractivity contribution in [2.45, 2.75) is 20.3 Å². The molecule has 1 heterocycles. The molecule has 0 amide bonds. The van der Waals surface area contributed by atoms with Crippen molar-refractivity contribution >= 4 is 11.4 Å². The van der Waals surface area contributed by atoms with Gasteiger partial charge in [0, 0.05) is 25.2 Å². The zero-order valence-corrected chi connectivity index (χ0v) is 13.9. The van der Waals surface area contributed by atoms with Crippen LogP contribution in [0.5, 0.6) is 0 Å². The summed E-state index contributed by atoms with van der Waals surface area (Å²) in [6, 6.07) is 0. The molecule has 0 saturated carbocycles. The predicted molar refractivity (Wildman–Crippen MR) is 94.6 cm³/mol. The fourth-order valence-electron chi connectivity index (χ4n) is 1.74. The van der Waals surface area contributed by atoms with E-state index in [1.165, 1.54) is 6.20 Å². The van der Waals surface area contributed by atoms with Crippen LogP contribution in [0.2, 0.25) is 0 Å². The standard InChI is InChI=1S/C18H25N3O2/c1-4-8-15(17-13-21-18(19)14-20-17)9-10-16(5-2)23-12-7-11-22-6-3/h4-5,8-10,13-14H,2,6-7,11-12H2,1,3H3,(H2,19,21)/b8-4-,15-9+,16-10+. The maximum atomic E-state index is 5.66. The van der Waals surface area contributed by atoms with Gasteiger partial charge in [0.1, 0.15) is 11.6 Å². The number of nitrogens with two attached hydrogens (primary N) is 1. The van der Waals surface area contributed by atoms with E-state index in [1.54, 1.807) is 12.3 Å². The summed E-state index contributed by atoms with van der Waals surface area (Å²) >= 11 is 0. The van der Waals surface area contributed by atoms with Gasteiger partial charge in [0.05, 0.1) is 24.7 Å². The molecule has 0 saturated heterocycles. The number of rotatable bonds is 10. The molecule has 0 aromatic carbocycles. The molecule has 0 aliphatic carbocycles. The smallest absolute Gasteiger partial charge is 0.141 e. The lowest BCUT2D eigenvalue weighted by molar-refractivity contribution is 0.118. The van der Waals surface area contributed by atoms with E-state index >= 15 is 0 Å². The van der Waals surface area contributed by atoms with Gasteiger partial charge >= 0.3 is 0 Å². The van der Waals surface area contributed by atoms with Gasteiger partial charge in [0.15, 0.2) is 0 Å². The lowest BCUT2D eigenvalue weighted by Gasteiger charge is -2.06. The lowest BCUT2D eigenvalue weighted by atomic mass is 10.1. The van der Waals surface area contributed by atoms with Crippen LogP contribution in [0.15, 0.2) is 55.1 Å². The molecule has 1 aromatic heterocycles. The van der Waals surface area contributed by atoms with Crippen molar-refractivity contribution in [3.63, 3.8) is 0 Å². The number of anilines is 1. The van der Waals surface area contributed by atoms with Gasteiger partial charge in [-0.25, -0.2) is 4.98 Å². The summed E-state index contributed by atoms with van der Waals surface area (Å²) in [7, 11) is 0. The van der Waals surface area contributed by atoms with Crippen molar-refractivity contribution in [1.82, 2.24) is 9.97 Å². The molecule has 0 bridgehead atoms. The van der Waals surface area contributed by atoms with Crippen molar-refractivity contribution < 1.29 is 9.47 Å². The number of allylic oxidation sites excluding steroid dienone is 6. The van der Waals surface area contributed by atoms with E-state index in [4.69, 9.17) is 15.2 Å². The van der Waals surface area contributed by atoms with E-state index in [-0.39, 0.29) is 0 Å². The van der Waals surface area contributed by atoms with Crippen LogP contribution in [0.4, 0.5) is 5.82 Å². The first-order chi connectivity index (χ1) is 11.2. The quantitative estimate of drug-likeness (QED) is 0.406. The Labute approximate surface area is 138 Å². The van der Waals surface area contributed by atoms with Gasteiger partial charge in [-0.05, 0) is 32.1 Å². The molecule has 0 spiro atoms. The van der Waals surface area contributed by atoms with Crippen LogP contribution < -0.4 is 5.73 Å². The minimum atomic E-state index is 0.397. The lowest BCUT2D eigenvalue weighted by Crippen LogP contribution is -2.00. The van der Waals surface area contributed by atoms with Gasteiger partial charge < -0.3 is 15.2 Å². The second kappa shape index (κ2) is 11.2. The van der Waals surface area contributed by atoms with Gasteiger partial charge in [0.25, 0.3) is 0 Å². The summed E-state index contributed by atoms with van der Waals surface area (Å²) in [6.45, 7) is 9.70. The minimum absolute atomic E-state index is 0.397. The number of hydrogen-bond acceptors (Lipinski definition) is 5. The van der Waals surface area contributed by atoms with Crippen LogP contribution in [-0.2, 0) is 9.47 Å². The van der Waals surface area contributed by atoms with Crippen LogP contribution in [0.1, 0.15) is 26.0 Å². The average Bonchev–Trinajstić information content (AvgIpc) is 2.57. The Morgan fingerprint density at radius 3 is 2.70 bits per heavy atom.